The number of carbonyl (C=O) groups excluding carboxylic acids is 2. The van der Waals surface area contributed by atoms with E-state index in [0.29, 0.717) is 17.8 Å². The van der Waals surface area contributed by atoms with Crippen LogP contribution in [0, 0.1) is 0 Å². The number of piperidine rings is 1. The number of nitrogens with zero attached hydrogens (tertiary/aromatic N) is 1. The molecule has 1 fully saturated rings. The molecule has 1 atom stereocenters. The number of halogens is 3. The molecule has 1 saturated heterocycles. The molecular weight excluding hydrogens is 395 g/mol. The summed E-state index contributed by atoms with van der Waals surface area (Å²) in [7, 11) is 1.55. The SMILES string of the molecule is CNC(=O)c1ccc(NC(=O)CN2CCCCC2c2ccc(C(F)(F)F)cc2)cc1. The summed E-state index contributed by atoms with van der Waals surface area (Å²) in [4.78, 5) is 26.1. The lowest BCUT2D eigenvalue weighted by molar-refractivity contribution is -0.137. The van der Waals surface area contributed by atoms with Crippen LogP contribution in [0.4, 0.5) is 18.9 Å². The number of nitrogens with one attached hydrogen (secondary N) is 2. The Labute approximate surface area is 173 Å². The van der Waals surface area contributed by atoms with Gasteiger partial charge in [0, 0.05) is 24.3 Å². The molecule has 160 valence electrons. The molecule has 5 nitrogen and oxygen atoms in total. The van der Waals surface area contributed by atoms with Crippen LogP contribution in [0.2, 0.25) is 0 Å². The number of likely N-dealkylation sites (tertiary alicyclic amines) is 1. The molecule has 2 amide bonds. The van der Waals surface area contributed by atoms with E-state index in [1.165, 1.54) is 12.1 Å². The van der Waals surface area contributed by atoms with Crippen LogP contribution in [0.3, 0.4) is 0 Å². The summed E-state index contributed by atoms with van der Waals surface area (Å²) >= 11 is 0. The maximum atomic E-state index is 12.8. The molecule has 2 N–H and O–H groups in total. The summed E-state index contributed by atoms with van der Waals surface area (Å²) in [5, 5.41) is 5.35. The minimum atomic E-state index is -4.36. The highest BCUT2D eigenvalue weighted by atomic mass is 19.4. The highest BCUT2D eigenvalue weighted by Gasteiger charge is 2.31. The predicted molar refractivity (Wildman–Crippen MR) is 108 cm³/mol. The van der Waals surface area contributed by atoms with Gasteiger partial charge in [0.1, 0.15) is 0 Å². The average molecular weight is 419 g/mol. The van der Waals surface area contributed by atoms with E-state index >= 15 is 0 Å². The number of alkyl halides is 3. The Bertz CT molecular complexity index is 880. The van der Waals surface area contributed by atoms with Crippen LogP contribution in [-0.2, 0) is 11.0 Å². The third kappa shape index (κ3) is 5.38. The highest BCUT2D eigenvalue weighted by Crippen LogP contribution is 2.34. The molecule has 8 heteroatoms. The van der Waals surface area contributed by atoms with Gasteiger partial charge in [0.15, 0.2) is 0 Å². The van der Waals surface area contributed by atoms with Crippen molar-refractivity contribution in [3.63, 3.8) is 0 Å². The van der Waals surface area contributed by atoms with E-state index in [2.05, 4.69) is 10.6 Å². The van der Waals surface area contributed by atoms with Gasteiger partial charge in [-0.3, -0.25) is 14.5 Å². The molecule has 30 heavy (non-hydrogen) atoms. The second-order valence-electron chi connectivity index (χ2n) is 7.31. The maximum absolute atomic E-state index is 12.8. The molecule has 2 aromatic carbocycles. The van der Waals surface area contributed by atoms with Gasteiger partial charge in [-0.25, -0.2) is 0 Å². The van der Waals surface area contributed by atoms with Crippen molar-refractivity contribution in [2.45, 2.75) is 31.5 Å². The highest BCUT2D eigenvalue weighted by molar-refractivity contribution is 5.96. The summed E-state index contributed by atoms with van der Waals surface area (Å²) < 4.78 is 38.5. The van der Waals surface area contributed by atoms with Crippen LogP contribution in [0.5, 0.6) is 0 Å². The molecule has 0 saturated carbocycles. The van der Waals surface area contributed by atoms with Gasteiger partial charge in [-0.15, -0.1) is 0 Å². The van der Waals surface area contributed by atoms with Crippen molar-refractivity contribution in [3.8, 4) is 0 Å². The van der Waals surface area contributed by atoms with Crippen LogP contribution < -0.4 is 10.6 Å². The number of carbonyl (C=O) groups is 2. The Morgan fingerprint density at radius 3 is 2.30 bits per heavy atom. The average Bonchev–Trinajstić information content (AvgIpc) is 2.73. The molecule has 0 bridgehead atoms. The molecule has 1 unspecified atom stereocenters. The van der Waals surface area contributed by atoms with Gasteiger partial charge >= 0.3 is 6.18 Å². The number of hydrogen-bond donors (Lipinski definition) is 2. The van der Waals surface area contributed by atoms with Gasteiger partial charge in [0.05, 0.1) is 12.1 Å². The summed E-state index contributed by atoms with van der Waals surface area (Å²) in [6.07, 6.45) is -1.67. The van der Waals surface area contributed by atoms with E-state index in [-0.39, 0.29) is 24.4 Å². The molecule has 2 aromatic rings. The Hall–Kier alpha value is -2.87. The molecule has 0 radical (unpaired) electrons. The van der Waals surface area contributed by atoms with Crippen molar-refractivity contribution < 1.29 is 22.8 Å². The second kappa shape index (κ2) is 9.30. The van der Waals surface area contributed by atoms with E-state index in [4.69, 9.17) is 0 Å². The smallest absolute Gasteiger partial charge is 0.355 e. The van der Waals surface area contributed by atoms with E-state index in [0.717, 1.165) is 37.0 Å². The summed E-state index contributed by atoms with van der Waals surface area (Å²) in [6.45, 7) is 0.845. The van der Waals surface area contributed by atoms with Crippen molar-refractivity contribution in [1.82, 2.24) is 10.2 Å². The third-order valence-corrected chi connectivity index (χ3v) is 5.24. The lowest BCUT2D eigenvalue weighted by atomic mass is 9.94. The number of hydrogen-bond acceptors (Lipinski definition) is 3. The number of rotatable bonds is 5. The molecule has 0 aromatic heterocycles. The number of anilines is 1. The molecule has 0 aliphatic carbocycles. The van der Waals surface area contributed by atoms with Gasteiger partial charge in [-0.1, -0.05) is 18.6 Å². The first kappa shape index (κ1) is 21.8. The monoisotopic (exact) mass is 419 g/mol. The fraction of sp³-hybridized carbons (Fsp3) is 0.364. The van der Waals surface area contributed by atoms with Crippen molar-refractivity contribution in [1.29, 1.82) is 0 Å². The van der Waals surface area contributed by atoms with E-state index < -0.39 is 11.7 Å². The van der Waals surface area contributed by atoms with Crippen molar-refractivity contribution in [2.75, 3.05) is 25.5 Å². The predicted octanol–water partition coefficient (Wildman–Crippen LogP) is 4.23. The first-order valence-electron chi connectivity index (χ1n) is 9.81. The lowest BCUT2D eigenvalue weighted by Gasteiger charge is -2.35. The lowest BCUT2D eigenvalue weighted by Crippen LogP contribution is -2.39. The maximum Gasteiger partial charge on any atom is 0.416 e. The van der Waals surface area contributed by atoms with E-state index in [1.54, 1.807) is 31.3 Å². The van der Waals surface area contributed by atoms with Crippen molar-refractivity contribution in [3.05, 3.63) is 65.2 Å². The summed E-state index contributed by atoms with van der Waals surface area (Å²) in [6, 6.07) is 11.7. The molecule has 1 aliphatic heterocycles. The van der Waals surface area contributed by atoms with Gasteiger partial charge in [-0.05, 0) is 61.3 Å². The quantitative estimate of drug-likeness (QED) is 0.763. The van der Waals surface area contributed by atoms with Gasteiger partial charge in [-0.2, -0.15) is 13.2 Å². The van der Waals surface area contributed by atoms with Gasteiger partial charge < -0.3 is 10.6 Å². The molecule has 1 aliphatic rings. The Kier molecular flexibility index (Phi) is 6.77. The Morgan fingerprint density at radius 1 is 1.03 bits per heavy atom. The number of benzene rings is 2. The zero-order valence-corrected chi connectivity index (χ0v) is 16.6. The normalized spacial score (nSPS) is 17.4. The van der Waals surface area contributed by atoms with Crippen LogP contribution in [0.1, 0.15) is 46.8 Å². The number of amides is 2. The third-order valence-electron chi connectivity index (χ3n) is 5.24. The van der Waals surface area contributed by atoms with Gasteiger partial charge in [0.25, 0.3) is 5.91 Å². The largest absolute Gasteiger partial charge is 0.416 e. The van der Waals surface area contributed by atoms with E-state index in [9.17, 15) is 22.8 Å². The molecular formula is C22H24F3N3O2. The summed E-state index contributed by atoms with van der Waals surface area (Å²) in [5.41, 5.74) is 1.18. The van der Waals surface area contributed by atoms with Crippen LogP contribution in [-0.4, -0.2) is 36.9 Å². The van der Waals surface area contributed by atoms with Crippen LogP contribution in [0.25, 0.3) is 0 Å². The summed E-state index contributed by atoms with van der Waals surface area (Å²) in [5.74, 6) is -0.415. The zero-order chi connectivity index (χ0) is 21.7. The van der Waals surface area contributed by atoms with Crippen molar-refractivity contribution >= 4 is 17.5 Å². The van der Waals surface area contributed by atoms with Crippen molar-refractivity contribution in [2.24, 2.45) is 0 Å². The fourth-order valence-corrected chi connectivity index (χ4v) is 3.69. The topological polar surface area (TPSA) is 61.4 Å². The minimum Gasteiger partial charge on any atom is -0.355 e. The second-order valence-corrected chi connectivity index (χ2v) is 7.31. The Balaban J connectivity index is 1.65. The standard InChI is InChI=1S/C22H24F3N3O2/c1-26-21(30)16-7-11-18(12-8-16)27-20(29)14-28-13-3-2-4-19(28)15-5-9-17(10-6-15)22(23,24)25/h5-12,19H,2-4,13-14H2,1H3,(H,26,30)(H,27,29). The first-order valence-corrected chi connectivity index (χ1v) is 9.81. The zero-order valence-electron chi connectivity index (χ0n) is 16.6. The first-order chi connectivity index (χ1) is 14.3. The Morgan fingerprint density at radius 2 is 1.70 bits per heavy atom. The van der Waals surface area contributed by atoms with Crippen LogP contribution in [0.15, 0.2) is 48.5 Å². The van der Waals surface area contributed by atoms with Crippen LogP contribution >= 0.6 is 0 Å². The van der Waals surface area contributed by atoms with Gasteiger partial charge in [0.2, 0.25) is 5.91 Å². The van der Waals surface area contributed by atoms with E-state index in [1.807, 2.05) is 4.90 Å². The molecule has 1 heterocycles. The molecule has 3 rings (SSSR count). The fourth-order valence-electron chi connectivity index (χ4n) is 3.69. The minimum absolute atomic E-state index is 0.0950. The molecule has 0 spiro atoms.